The quantitative estimate of drug-likeness (QED) is 0.776. The molecule has 0 bridgehead atoms. The zero-order valence-electron chi connectivity index (χ0n) is 10.8. The Morgan fingerprint density at radius 1 is 1.42 bits per heavy atom. The van der Waals surface area contributed by atoms with Gasteiger partial charge in [0.2, 0.25) is 0 Å². The number of fused-ring (bicyclic) bond motifs is 1. The van der Waals surface area contributed by atoms with Gasteiger partial charge in [0.1, 0.15) is 5.65 Å². The second-order valence-electron chi connectivity index (χ2n) is 4.48. The van der Waals surface area contributed by atoms with Gasteiger partial charge >= 0.3 is 0 Å². The van der Waals surface area contributed by atoms with Crippen LogP contribution < -0.4 is 5.32 Å². The van der Waals surface area contributed by atoms with Crippen LogP contribution in [0.4, 0.5) is 0 Å². The van der Waals surface area contributed by atoms with Gasteiger partial charge in [0.25, 0.3) is 0 Å². The van der Waals surface area contributed by atoms with Gasteiger partial charge in [-0.3, -0.25) is 0 Å². The molecule has 0 aromatic carbocycles. The molecule has 3 heterocycles. The first-order valence-electron chi connectivity index (χ1n) is 6.38. The standard InChI is InChI=1S/C14H16N4S/c1-11(15-6-5-14-16-7-9-19-14)12-10-18-8-3-2-4-13(18)17-12/h2-4,7-11,15H,5-6H2,1H3. The molecule has 0 saturated carbocycles. The number of pyridine rings is 1. The van der Waals surface area contributed by atoms with Crippen LogP contribution >= 0.6 is 11.3 Å². The summed E-state index contributed by atoms with van der Waals surface area (Å²) < 4.78 is 2.05. The molecule has 0 aliphatic rings. The molecule has 1 unspecified atom stereocenters. The fourth-order valence-corrected chi connectivity index (χ4v) is 2.66. The third-order valence-corrected chi connectivity index (χ3v) is 3.94. The Kier molecular flexibility index (Phi) is 3.57. The van der Waals surface area contributed by atoms with Crippen molar-refractivity contribution in [1.29, 1.82) is 0 Å². The minimum atomic E-state index is 0.250. The summed E-state index contributed by atoms with van der Waals surface area (Å²) in [6.45, 7) is 3.06. The van der Waals surface area contributed by atoms with Crippen LogP contribution in [0.2, 0.25) is 0 Å². The van der Waals surface area contributed by atoms with Crippen LogP contribution in [0.5, 0.6) is 0 Å². The van der Waals surface area contributed by atoms with Crippen molar-refractivity contribution in [2.24, 2.45) is 0 Å². The number of hydrogen-bond acceptors (Lipinski definition) is 4. The fourth-order valence-electron chi connectivity index (χ4n) is 2.04. The Balaban J connectivity index is 1.61. The molecule has 19 heavy (non-hydrogen) atoms. The average molecular weight is 272 g/mol. The van der Waals surface area contributed by atoms with Crippen molar-refractivity contribution in [3.8, 4) is 0 Å². The van der Waals surface area contributed by atoms with Gasteiger partial charge in [-0.25, -0.2) is 9.97 Å². The lowest BCUT2D eigenvalue weighted by Gasteiger charge is -2.10. The average Bonchev–Trinajstić information content (AvgIpc) is 3.07. The van der Waals surface area contributed by atoms with Crippen LogP contribution in [0.1, 0.15) is 23.7 Å². The van der Waals surface area contributed by atoms with Crippen molar-refractivity contribution in [2.45, 2.75) is 19.4 Å². The first-order chi connectivity index (χ1) is 9.33. The Morgan fingerprint density at radius 2 is 2.37 bits per heavy atom. The molecule has 3 aromatic heterocycles. The number of imidazole rings is 1. The van der Waals surface area contributed by atoms with Crippen molar-refractivity contribution >= 4 is 17.0 Å². The summed E-state index contributed by atoms with van der Waals surface area (Å²) in [6, 6.07) is 6.29. The first-order valence-corrected chi connectivity index (χ1v) is 7.26. The number of thiazole rings is 1. The lowest BCUT2D eigenvalue weighted by atomic mass is 10.2. The summed E-state index contributed by atoms with van der Waals surface area (Å²) in [5, 5.41) is 6.68. The summed E-state index contributed by atoms with van der Waals surface area (Å²) in [5.74, 6) is 0. The topological polar surface area (TPSA) is 42.2 Å². The van der Waals surface area contributed by atoms with Gasteiger partial charge in [-0.15, -0.1) is 11.3 Å². The first kappa shape index (κ1) is 12.3. The van der Waals surface area contributed by atoms with E-state index >= 15 is 0 Å². The largest absolute Gasteiger partial charge is 0.308 e. The summed E-state index contributed by atoms with van der Waals surface area (Å²) in [4.78, 5) is 8.90. The smallest absolute Gasteiger partial charge is 0.137 e. The molecule has 0 radical (unpaired) electrons. The van der Waals surface area contributed by atoms with E-state index in [2.05, 4.69) is 28.4 Å². The van der Waals surface area contributed by atoms with Gasteiger partial charge in [-0.2, -0.15) is 0 Å². The predicted molar refractivity (Wildman–Crippen MR) is 77.4 cm³/mol. The monoisotopic (exact) mass is 272 g/mol. The molecule has 1 N–H and O–H groups in total. The van der Waals surface area contributed by atoms with E-state index in [-0.39, 0.29) is 6.04 Å². The molecule has 1 atom stereocenters. The van der Waals surface area contributed by atoms with E-state index in [0.717, 1.165) is 24.3 Å². The zero-order chi connectivity index (χ0) is 13.1. The second kappa shape index (κ2) is 5.50. The number of nitrogens with one attached hydrogen (secondary N) is 1. The summed E-state index contributed by atoms with van der Waals surface area (Å²) in [6.07, 6.45) is 6.92. The molecule has 3 rings (SSSR count). The van der Waals surface area contributed by atoms with Gasteiger partial charge < -0.3 is 9.72 Å². The highest BCUT2D eigenvalue weighted by atomic mass is 32.1. The van der Waals surface area contributed by atoms with E-state index in [1.54, 1.807) is 11.3 Å². The van der Waals surface area contributed by atoms with E-state index in [1.165, 1.54) is 5.01 Å². The van der Waals surface area contributed by atoms with Crippen molar-refractivity contribution in [1.82, 2.24) is 19.7 Å². The molecule has 5 heteroatoms. The van der Waals surface area contributed by atoms with Crippen molar-refractivity contribution < 1.29 is 0 Å². The minimum absolute atomic E-state index is 0.250. The lowest BCUT2D eigenvalue weighted by Crippen LogP contribution is -2.21. The van der Waals surface area contributed by atoms with Crippen molar-refractivity contribution in [3.63, 3.8) is 0 Å². The normalized spacial score (nSPS) is 12.9. The van der Waals surface area contributed by atoms with E-state index in [1.807, 2.05) is 40.4 Å². The maximum atomic E-state index is 4.62. The maximum Gasteiger partial charge on any atom is 0.137 e. The van der Waals surface area contributed by atoms with Crippen LogP contribution in [0, 0.1) is 0 Å². The van der Waals surface area contributed by atoms with Crippen LogP contribution in [0.25, 0.3) is 5.65 Å². The Hall–Kier alpha value is -1.72. The molecule has 0 aliphatic carbocycles. The van der Waals surface area contributed by atoms with E-state index in [0.29, 0.717) is 0 Å². The fraction of sp³-hybridized carbons (Fsp3) is 0.286. The van der Waals surface area contributed by atoms with Crippen molar-refractivity contribution in [3.05, 3.63) is 52.9 Å². The van der Waals surface area contributed by atoms with Crippen LogP contribution in [-0.4, -0.2) is 20.9 Å². The molecular formula is C14H16N4S. The third-order valence-electron chi connectivity index (χ3n) is 3.10. The molecular weight excluding hydrogens is 256 g/mol. The summed E-state index contributed by atoms with van der Waals surface area (Å²) in [5.41, 5.74) is 2.07. The van der Waals surface area contributed by atoms with Gasteiger partial charge in [0.05, 0.1) is 10.7 Å². The Morgan fingerprint density at radius 3 is 3.16 bits per heavy atom. The van der Waals surface area contributed by atoms with Crippen molar-refractivity contribution in [2.75, 3.05) is 6.54 Å². The van der Waals surface area contributed by atoms with E-state index in [9.17, 15) is 0 Å². The molecule has 0 aliphatic heterocycles. The van der Waals surface area contributed by atoms with Gasteiger partial charge in [-0.1, -0.05) is 6.07 Å². The number of hydrogen-bond donors (Lipinski definition) is 1. The second-order valence-corrected chi connectivity index (χ2v) is 5.46. The van der Waals surface area contributed by atoms with Gasteiger partial charge in [0, 0.05) is 43.0 Å². The number of rotatable bonds is 5. The third kappa shape index (κ3) is 2.83. The summed E-state index contributed by atoms with van der Waals surface area (Å²) in [7, 11) is 0. The maximum absolute atomic E-state index is 4.62. The predicted octanol–water partition coefficient (Wildman–Crippen LogP) is 2.68. The molecule has 0 fully saturated rings. The highest BCUT2D eigenvalue weighted by Crippen LogP contribution is 2.13. The van der Waals surface area contributed by atoms with Crippen LogP contribution in [-0.2, 0) is 6.42 Å². The molecule has 0 amide bonds. The molecule has 98 valence electrons. The molecule has 0 saturated heterocycles. The zero-order valence-corrected chi connectivity index (χ0v) is 11.6. The SMILES string of the molecule is CC(NCCc1nccs1)c1cn2ccccc2n1. The molecule has 3 aromatic rings. The highest BCUT2D eigenvalue weighted by Gasteiger charge is 2.09. The number of aromatic nitrogens is 3. The summed E-state index contributed by atoms with van der Waals surface area (Å²) >= 11 is 1.70. The highest BCUT2D eigenvalue weighted by molar-refractivity contribution is 7.09. The number of nitrogens with zero attached hydrogens (tertiary/aromatic N) is 3. The lowest BCUT2D eigenvalue weighted by molar-refractivity contribution is 0.566. The van der Waals surface area contributed by atoms with Crippen LogP contribution in [0.3, 0.4) is 0 Å². The van der Waals surface area contributed by atoms with E-state index in [4.69, 9.17) is 0 Å². The van der Waals surface area contributed by atoms with Gasteiger partial charge in [-0.05, 0) is 19.1 Å². The Labute approximate surface area is 116 Å². The Bertz CT molecular complexity index is 611. The van der Waals surface area contributed by atoms with Gasteiger partial charge in [0.15, 0.2) is 0 Å². The van der Waals surface area contributed by atoms with E-state index < -0.39 is 0 Å². The molecule has 4 nitrogen and oxygen atoms in total. The molecule has 0 spiro atoms. The minimum Gasteiger partial charge on any atom is -0.308 e. The van der Waals surface area contributed by atoms with Crippen LogP contribution in [0.15, 0.2) is 42.2 Å².